The Bertz CT molecular complexity index is 366. The van der Waals surface area contributed by atoms with Crippen LogP contribution < -0.4 is 5.32 Å². The van der Waals surface area contributed by atoms with Crippen LogP contribution in [0.4, 0.5) is 0 Å². The number of hydrogen-bond donors (Lipinski definition) is 1. The molecule has 1 unspecified atom stereocenters. The van der Waals surface area contributed by atoms with Gasteiger partial charge in [0.05, 0.1) is 0 Å². The SMILES string of the molecule is O=C(CC1CCCCCN1)c1ccc(I)cc1. The smallest absolute Gasteiger partial charge is 0.164 e. The van der Waals surface area contributed by atoms with E-state index in [1.165, 1.54) is 22.8 Å². The number of rotatable bonds is 3. The van der Waals surface area contributed by atoms with Crippen molar-refractivity contribution >= 4 is 28.4 Å². The summed E-state index contributed by atoms with van der Waals surface area (Å²) in [6.45, 7) is 1.06. The maximum atomic E-state index is 12.1. The lowest BCUT2D eigenvalue weighted by Gasteiger charge is -2.14. The van der Waals surface area contributed by atoms with Crippen LogP contribution in [0.15, 0.2) is 24.3 Å². The van der Waals surface area contributed by atoms with E-state index in [-0.39, 0.29) is 5.78 Å². The standard InChI is InChI=1S/C14H18INO/c15-12-7-5-11(6-8-12)14(17)10-13-4-2-1-3-9-16-13/h5-8,13,16H,1-4,9-10H2. The van der Waals surface area contributed by atoms with Crippen LogP contribution in [0.3, 0.4) is 0 Å². The molecule has 0 aliphatic carbocycles. The van der Waals surface area contributed by atoms with Gasteiger partial charge in [-0.1, -0.05) is 25.0 Å². The maximum absolute atomic E-state index is 12.1. The second-order valence-electron chi connectivity index (χ2n) is 4.63. The van der Waals surface area contributed by atoms with Crippen LogP contribution in [0.25, 0.3) is 0 Å². The molecule has 1 N–H and O–H groups in total. The van der Waals surface area contributed by atoms with E-state index in [4.69, 9.17) is 0 Å². The van der Waals surface area contributed by atoms with Crippen LogP contribution in [0.1, 0.15) is 42.5 Å². The molecule has 1 fully saturated rings. The molecular formula is C14H18INO. The number of ketones is 1. The first kappa shape index (κ1) is 13.0. The summed E-state index contributed by atoms with van der Waals surface area (Å²) in [5.41, 5.74) is 0.844. The summed E-state index contributed by atoms with van der Waals surface area (Å²) < 4.78 is 1.17. The minimum Gasteiger partial charge on any atom is -0.314 e. The first-order chi connectivity index (χ1) is 8.25. The largest absolute Gasteiger partial charge is 0.314 e. The molecule has 1 atom stereocenters. The van der Waals surface area contributed by atoms with E-state index in [1.54, 1.807) is 0 Å². The van der Waals surface area contributed by atoms with Crippen molar-refractivity contribution in [1.82, 2.24) is 5.32 Å². The summed E-state index contributed by atoms with van der Waals surface area (Å²) >= 11 is 2.26. The first-order valence-electron chi connectivity index (χ1n) is 6.28. The molecule has 0 spiro atoms. The Morgan fingerprint density at radius 1 is 1.24 bits per heavy atom. The molecule has 0 radical (unpaired) electrons. The van der Waals surface area contributed by atoms with Crippen LogP contribution in [0.5, 0.6) is 0 Å². The Morgan fingerprint density at radius 3 is 2.76 bits per heavy atom. The highest BCUT2D eigenvalue weighted by Crippen LogP contribution is 2.15. The van der Waals surface area contributed by atoms with E-state index in [9.17, 15) is 4.79 Å². The highest BCUT2D eigenvalue weighted by molar-refractivity contribution is 14.1. The van der Waals surface area contributed by atoms with E-state index < -0.39 is 0 Å². The highest BCUT2D eigenvalue weighted by atomic mass is 127. The number of benzene rings is 1. The van der Waals surface area contributed by atoms with E-state index in [1.807, 2.05) is 24.3 Å². The molecule has 2 nitrogen and oxygen atoms in total. The normalized spacial score (nSPS) is 20.9. The quantitative estimate of drug-likeness (QED) is 0.673. The third-order valence-corrected chi connectivity index (χ3v) is 3.98. The van der Waals surface area contributed by atoms with Crippen LogP contribution in [-0.4, -0.2) is 18.4 Å². The molecule has 2 rings (SSSR count). The van der Waals surface area contributed by atoms with Gasteiger partial charge in [-0.3, -0.25) is 4.79 Å². The minimum atomic E-state index is 0.265. The molecule has 1 aliphatic rings. The van der Waals surface area contributed by atoms with Gasteiger partial charge in [0.15, 0.2) is 5.78 Å². The third kappa shape index (κ3) is 4.07. The molecule has 1 aromatic carbocycles. The topological polar surface area (TPSA) is 29.1 Å². The molecule has 17 heavy (non-hydrogen) atoms. The van der Waals surface area contributed by atoms with Gasteiger partial charge in [-0.15, -0.1) is 0 Å². The van der Waals surface area contributed by atoms with E-state index >= 15 is 0 Å². The predicted molar refractivity (Wildman–Crippen MR) is 78.4 cm³/mol. The van der Waals surface area contributed by atoms with Crippen LogP contribution in [0, 0.1) is 3.57 Å². The van der Waals surface area contributed by atoms with E-state index in [0.29, 0.717) is 12.5 Å². The summed E-state index contributed by atoms with van der Waals surface area (Å²) in [4.78, 5) is 12.1. The van der Waals surface area contributed by atoms with Crippen molar-refractivity contribution in [2.45, 2.75) is 38.1 Å². The maximum Gasteiger partial charge on any atom is 0.164 e. The van der Waals surface area contributed by atoms with Gasteiger partial charge in [0.1, 0.15) is 0 Å². The summed E-state index contributed by atoms with van der Waals surface area (Å²) in [7, 11) is 0. The van der Waals surface area contributed by atoms with Crippen molar-refractivity contribution in [3.8, 4) is 0 Å². The van der Waals surface area contributed by atoms with E-state index in [0.717, 1.165) is 18.5 Å². The average Bonchev–Trinajstić information content (AvgIpc) is 2.58. The van der Waals surface area contributed by atoms with Gasteiger partial charge in [0.25, 0.3) is 0 Å². The van der Waals surface area contributed by atoms with Gasteiger partial charge in [0.2, 0.25) is 0 Å². The molecule has 1 heterocycles. The lowest BCUT2D eigenvalue weighted by molar-refractivity contribution is 0.0968. The molecule has 0 aromatic heterocycles. The Morgan fingerprint density at radius 2 is 2.00 bits per heavy atom. The molecule has 0 saturated carbocycles. The van der Waals surface area contributed by atoms with Gasteiger partial charge >= 0.3 is 0 Å². The molecule has 1 aliphatic heterocycles. The lowest BCUT2D eigenvalue weighted by Crippen LogP contribution is -2.30. The van der Waals surface area contributed by atoms with Gasteiger partial charge in [0, 0.05) is 21.6 Å². The fourth-order valence-corrected chi connectivity index (χ4v) is 2.61. The number of nitrogens with one attached hydrogen (secondary N) is 1. The zero-order valence-electron chi connectivity index (χ0n) is 9.92. The Balaban J connectivity index is 1.93. The Labute approximate surface area is 116 Å². The molecular weight excluding hydrogens is 325 g/mol. The Hall–Kier alpha value is -0.420. The van der Waals surface area contributed by atoms with E-state index in [2.05, 4.69) is 27.9 Å². The Kier molecular flexibility index (Phi) is 4.98. The molecule has 1 aromatic rings. The van der Waals surface area contributed by atoms with Crippen molar-refractivity contribution < 1.29 is 4.79 Å². The molecule has 1 saturated heterocycles. The number of carbonyl (C=O) groups is 1. The van der Waals surface area contributed by atoms with Gasteiger partial charge in [-0.25, -0.2) is 0 Å². The number of carbonyl (C=O) groups excluding carboxylic acids is 1. The summed E-state index contributed by atoms with van der Waals surface area (Å²) in [5, 5.41) is 3.47. The number of Topliss-reactive ketones (excluding diaryl/α,β-unsaturated/α-hetero) is 1. The number of halogens is 1. The predicted octanol–water partition coefficient (Wildman–Crippen LogP) is 3.40. The number of hydrogen-bond acceptors (Lipinski definition) is 2. The summed E-state index contributed by atoms with van der Waals surface area (Å²) in [6, 6.07) is 8.23. The zero-order valence-corrected chi connectivity index (χ0v) is 12.1. The average molecular weight is 343 g/mol. The lowest BCUT2D eigenvalue weighted by atomic mass is 10.0. The monoisotopic (exact) mass is 343 g/mol. The van der Waals surface area contributed by atoms with Crippen LogP contribution in [0.2, 0.25) is 0 Å². The van der Waals surface area contributed by atoms with Gasteiger partial charge in [-0.2, -0.15) is 0 Å². The van der Waals surface area contributed by atoms with Crippen LogP contribution in [-0.2, 0) is 0 Å². The molecule has 92 valence electrons. The first-order valence-corrected chi connectivity index (χ1v) is 7.36. The molecule has 0 amide bonds. The zero-order chi connectivity index (χ0) is 12.1. The van der Waals surface area contributed by atoms with Crippen molar-refractivity contribution in [2.75, 3.05) is 6.54 Å². The highest BCUT2D eigenvalue weighted by Gasteiger charge is 2.16. The fourth-order valence-electron chi connectivity index (χ4n) is 2.25. The van der Waals surface area contributed by atoms with Crippen molar-refractivity contribution in [3.05, 3.63) is 33.4 Å². The van der Waals surface area contributed by atoms with Gasteiger partial charge in [-0.05, 0) is 54.1 Å². The summed E-state index contributed by atoms with van der Waals surface area (Å²) in [6.07, 6.45) is 5.56. The van der Waals surface area contributed by atoms with Crippen molar-refractivity contribution in [3.63, 3.8) is 0 Å². The second-order valence-corrected chi connectivity index (χ2v) is 5.88. The minimum absolute atomic E-state index is 0.265. The third-order valence-electron chi connectivity index (χ3n) is 3.26. The summed E-state index contributed by atoms with van der Waals surface area (Å²) in [5.74, 6) is 0.265. The van der Waals surface area contributed by atoms with Gasteiger partial charge < -0.3 is 5.32 Å². The molecule has 0 bridgehead atoms. The van der Waals surface area contributed by atoms with Crippen molar-refractivity contribution in [1.29, 1.82) is 0 Å². The molecule has 3 heteroatoms. The van der Waals surface area contributed by atoms with Crippen LogP contribution >= 0.6 is 22.6 Å². The fraction of sp³-hybridized carbons (Fsp3) is 0.500. The second kappa shape index (κ2) is 6.50. The van der Waals surface area contributed by atoms with Crippen molar-refractivity contribution in [2.24, 2.45) is 0 Å².